The van der Waals surface area contributed by atoms with Crippen LogP contribution in [0.25, 0.3) is 11.0 Å². The van der Waals surface area contributed by atoms with E-state index in [1.54, 1.807) is 36.4 Å². The maximum atomic E-state index is 13.0. The number of hydrogen-bond donors (Lipinski definition) is 4. The molecule has 4 rings (SSSR count). The molecule has 1 unspecified atom stereocenters. The fourth-order valence-corrected chi connectivity index (χ4v) is 5.80. The summed E-state index contributed by atoms with van der Waals surface area (Å²) in [6, 6.07) is 10.2. The summed E-state index contributed by atoms with van der Waals surface area (Å²) in [5, 5.41) is 13.5. The molecule has 11 nitrogen and oxygen atoms in total. The van der Waals surface area contributed by atoms with Gasteiger partial charge in [0.2, 0.25) is 10.0 Å². The molecule has 12 heteroatoms. The summed E-state index contributed by atoms with van der Waals surface area (Å²) in [6.45, 7) is 3.90. The third-order valence-corrected chi connectivity index (χ3v) is 8.24. The second-order valence-electron chi connectivity index (χ2n) is 8.86. The van der Waals surface area contributed by atoms with Crippen molar-refractivity contribution in [2.75, 3.05) is 39.9 Å². The Morgan fingerprint density at radius 1 is 1.17 bits per heavy atom. The Labute approximate surface area is 209 Å². The molecule has 198 valence electrons. The third kappa shape index (κ3) is 6.26. The zero-order valence-electron chi connectivity index (χ0n) is 20.4. The van der Waals surface area contributed by atoms with Crippen LogP contribution in [0.15, 0.2) is 46.1 Å². The second kappa shape index (κ2) is 11.9. The van der Waals surface area contributed by atoms with Crippen LogP contribution in [-0.4, -0.2) is 79.3 Å². The van der Waals surface area contributed by atoms with Gasteiger partial charge in [-0.15, -0.1) is 0 Å². The first-order valence-electron chi connectivity index (χ1n) is 11.7. The molecule has 3 aromatic rings. The van der Waals surface area contributed by atoms with Crippen molar-refractivity contribution in [3.05, 3.63) is 52.4 Å². The minimum Gasteiger partial charge on any atom is -0.496 e. The van der Waals surface area contributed by atoms with Crippen LogP contribution in [0.1, 0.15) is 18.4 Å². The van der Waals surface area contributed by atoms with Gasteiger partial charge in [-0.05, 0) is 56.0 Å². The summed E-state index contributed by atoms with van der Waals surface area (Å²) < 4.78 is 38.6. The van der Waals surface area contributed by atoms with Gasteiger partial charge < -0.3 is 35.3 Å². The van der Waals surface area contributed by atoms with E-state index in [1.165, 1.54) is 11.4 Å². The normalized spacial score (nSPS) is 16.0. The minimum absolute atomic E-state index is 0. The van der Waals surface area contributed by atoms with Crippen molar-refractivity contribution >= 4 is 21.1 Å². The summed E-state index contributed by atoms with van der Waals surface area (Å²) in [6.07, 6.45) is 0.753. The van der Waals surface area contributed by atoms with Crippen LogP contribution in [0, 0.1) is 12.8 Å². The summed E-state index contributed by atoms with van der Waals surface area (Å²) in [5.41, 5.74) is 1.80. The average Bonchev–Trinajstić information content (AvgIpc) is 3.24. The number of methoxy groups -OCH3 is 1. The quantitative estimate of drug-likeness (QED) is 0.305. The lowest BCUT2D eigenvalue weighted by Gasteiger charge is -2.31. The molecule has 2 aromatic carbocycles. The van der Waals surface area contributed by atoms with E-state index in [1.807, 2.05) is 6.92 Å². The number of benzene rings is 2. The lowest BCUT2D eigenvalue weighted by molar-refractivity contribution is 0.105. The van der Waals surface area contributed by atoms with Gasteiger partial charge in [0.05, 0.1) is 17.5 Å². The molecule has 0 aliphatic carbocycles. The molecule has 0 amide bonds. The van der Waals surface area contributed by atoms with Crippen molar-refractivity contribution in [2.24, 2.45) is 5.92 Å². The number of aryl methyl sites for hydroxylation is 1. The van der Waals surface area contributed by atoms with Crippen molar-refractivity contribution in [3.8, 4) is 11.5 Å². The number of fused-ring (bicyclic) bond motifs is 1. The van der Waals surface area contributed by atoms with Gasteiger partial charge >= 0.3 is 5.69 Å². The van der Waals surface area contributed by atoms with Crippen LogP contribution >= 0.6 is 0 Å². The molecule has 36 heavy (non-hydrogen) atoms. The van der Waals surface area contributed by atoms with Gasteiger partial charge in [-0.25, -0.2) is 13.2 Å². The van der Waals surface area contributed by atoms with E-state index in [-0.39, 0.29) is 22.7 Å². The Bertz CT molecular complexity index is 1310. The Balaban J connectivity index is 0.00000361. The molecule has 0 saturated carbocycles. The number of imidazole rings is 1. The number of H-pyrrole nitrogens is 2. The molecule has 0 radical (unpaired) electrons. The van der Waals surface area contributed by atoms with Gasteiger partial charge in [-0.1, -0.05) is 12.1 Å². The van der Waals surface area contributed by atoms with Crippen LogP contribution in [0.4, 0.5) is 0 Å². The van der Waals surface area contributed by atoms with Crippen LogP contribution in [0.5, 0.6) is 11.5 Å². The summed E-state index contributed by atoms with van der Waals surface area (Å²) in [5.74, 6) is 1.38. The summed E-state index contributed by atoms with van der Waals surface area (Å²) in [7, 11) is -2.03. The van der Waals surface area contributed by atoms with Crippen LogP contribution in [0.2, 0.25) is 0 Å². The van der Waals surface area contributed by atoms with Gasteiger partial charge in [-0.3, -0.25) is 0 Å². The van der Waals surface area contributed by atoms with Gasteiger partial charge in [0.25, 0.3) is 0 Å². The highest BCUT2D eigenvalue weighted by Gasteiger charge is 2.29. The number of aromatic amines is 2. The molecule has 1 saturated heterocycles. The van der Waals surface area contributed by atoms with Gasteiger partial charge in [0.1, 0.15) is 29.7 Å². The van der Waals surface area contributed by atoms with Crippen molar-refractivity contribution < 1.29 is 28.5 Å². The molecule has 1 aromatic heterocycles. The second-order valence-corrected chi connectivity index (χ2v) is 10.8. The van der Waals surface area contributed by atoms with Gasteiger partial charge in [0, 0.05) is 25.7 Å². The number of aliphatic hydroxyl groups is 1. The lowest BCUT2D eigenvalue weighted by Crippen LogP contribution is -2.42. The molecular formula is C24H34N4O7S. The fourth-order valence-electron chi connectivity index (χ4n) is 4.31. The van der Waals surface area contributed by atoms with E-state index in [0.29, 0.717) is 54.6 Å². The number of para-hydroxylation sites is 1. The smallest absolute Gasteiger partial charge is 0.323 e. The molecule has 1 aliphatic rings. The maximum absolute atomic E-state index is 13.0. The molecular weight excluding hydrogens is 488 g/mol. The summed E-state index contributed by atoms with van der Waals surface area (Å²) in [4.78, 5) is 17.1. The minimum atomic E-state index is -3.56. The number of sulfonamides is 1. The zero-order valence-corrected chi connectivity index (χ0v) is 21.2. The van der Waals surface area contributed by atoms with Gasteiger partial charge in [0.15, 0.2) is 0 Å². The first-order valence-corrected chi connectivity index (χ1v) is 13.1. The zero-order chi connectivity index (χ0) is 25.0. The number of piperidine rings is 1. The first-order chi connectivity index (χ1) is 16.8. The molecule has 0 spiro atoms. The fraction of sp³-hybridized carbons (Fsp3) is 0.458. The number of nitrogens with one attached hydrogen (secondary N) is 3. The Morgan fingerprint density at radius 2 is 1.92 bits per heavy atom. The van der Waals surface area contributed by atoms with E-state index >= 15 is 0 Å². The van der Waals surface area contributed by atoms with Crippen LogP contribution < -0.4 is 20.5 Å². The Morgan fingerprint density at radius 3 is 2.64 bits per heavy atom. The number of nitrogens with zero attached hydrogens (tertiary/aromatic N) is 1. The van der Waals surface area contributed by atoms with Crippen molar-refractivity contribution in [1.29, 1.82) is 0 Å². The Kier molecular flexibility index (Phi) is 9.14. The highest BCUT2D eigenvalue weighted by molar-refractivity contribution is 7.89. The summed E-state index contributed by atoms with van der Waals surface area (Å²) >= 11 is 0. The predicted molar refractivity (Wildman–Crippen MR) is 136 cm³/mol. The van der Waals surface area contributed by atoms with Crippen LogP contribution in [-0.2, 0) is 10.0 Å². The van der Waals surface area contributed by atoms with E-state index in [0.717, 1.165) is 18.4 Å². The third-order valence-electron chi connectivity index (χ3n) is 6.35. The molecule has 6 N–H and O–H groups in total. The monoisotopic (exact) mass is 522 g/mol. The van der Waals surface area contributed by atoms with E-state index < -0.39 is 16.1 Å². The molecule has 0 bridgehead atoms. The SMILES string of the molecule is COc1cc(S(=O)(=O)N2CCC(CNCC(O)COc3cccc4[nH]c(=O)[nH]c34)CC2)ccc1C.O. The van der Waals surface area contributed by atoms with Gasteiger partial charge in [-0.2, -0.15) is 4.31 Å². The van der Waals surface area contributed by atoms with E-state index in [4.69, 9.17) is 9.47 Å². The highest BCUT2D eigenvalue weighted by atomic mass is 32.2. The number of aliphatic hydroxyl groups excluding tert-OH is 1. The largest absolute Gasteiger partial charge is 0.496 e. The van der Waals surface area contributed by atoms with E-state index in [2.05, 4.69) is 15.3 Å². The molecule has 2 heterocycles. The molecule has 1 aliphatic heterocycles. The molecule has 1 atom stereocenters. The van der Waals surface area contributed by atoms with Crippen LogP contribution in [0.3, 0.4) is 0 Å². The highest BCUT2D eigenvalue weighted by Crippen LogP contribution is 2.27. The number of aromatic nitrogens is 2. The Hall–Kier alpha value is -2.90. The predicted octanol–water partition coefficient (Wildman–Crippen LogP) is 0.779. The van der Waals surface area contributed by atoms with Crippen molar-refractivity contribution in [3.63, 3.8) is 0 Å². The van der Waals surface area contributed by atoms with E-state index in [9.17, 15) is 18.3 Å². The number of hydrogen-bond acceptors (Lipinski definition) is 7. The molecule has 1 fully saturated rings. The number of ether oxygens (including phenoxy) is 2. The number of rotatable bonds is 10. The lowest BCUT2D eigenvalue weighted by atomic mass is 9.98. The average molecular weight is 523 g/mol. The topological polar surface area (TPSA) is 168 Å². The standard InChI is InChI=1S/C24H32N4O6S.H2O/c1-16-6-7-19(12-22(16)33-2)35(31,32)28-10-8-17(9-11-28)13-25-14-18(29)15-34-21-5-3-4-20-23(21)27-24(30)26-20;/h3-7,12,17-18,25,29H,8-11,13-15H2,1-2H3,(H2,26,27,30);1H2. The first kappa shape index (κ1) is 27.7. The van der Waals surface area contributed by atoms with Crippen molar-refractivity contribution in [2.45, 2.75) is 30.8 Å². The van der Waals surface area contributed by atoms with Crippen molar-refractivity contribution in [1.82, 2.24) is 19.6 Å². The maximum Gasteiger partial charge on any atom is 0.323 e.